The van der Waals surface area contributed by atoms with Gasteiger partial charge in [0.15, 0.2) is 0 Å². The molecule has 0 aliphatic heterocycles. The van der Waals surface area contributed by atoms with Crippen molar-refractivity contribution in [2.75, 3.05) is 0 Å². The van der Waals surface area contributed by atoms with Gasteiger partial charge in [-0.05, 0) is 36.8 Å². The molecule has 0 aliphatic carbocycles. The maximum atomic E-state index is 4.48. The lowest BCUT2D eigenvalue weighted by Gasteiger charge is -1.99. The molecular formula is C15H12N4. The summed E-state index contributed by atoms with van der Waals surface area (Å²) in [5.74, 6) is 0.938. The number of H-pyrrole nitrogens is 2. The summed E-state index contributed by atoms with van der Waals surface area (Å²) in [5, 5.41) is 1.13. The predicted octanol–water partition coefficient (Wildman–Crippen LogP) is 3.41. The zero-order chi connectivity index (χ0) is 12.8. The highest BCUT2D eigenvalue weighted by Gasteiger charge is 2.08. The number of aromatic amines is 2. The van der Waals surface area contributed by atoms with E-state index >= 15 is 0 Å². The molecule has 4 aromatic rings. The van der Waals surface area contributed by atoms with Crippen molar-refractivity contribution in [3.05, 3.63) is 48.5 Å². The van der Waals surface area contributed by atoms with Gasteiger partial charge >= 0.3 is 0 Å². The number of pyridine rings is 1. The third-order valence-electron chi connectivity index (χ3n) is 3.36. The number of imidazole rings is 1. The third-order valence-corrected chi connectivity index (χ3v) is 3.36. The standard InChI is InChI=1S/C15H12N4/c1-9-18-13-5-4-10(7-14(13)19-9)12-8-17-15-11(12)3-2-6-16-15/h2-8H,1H3,(H,16,17)(H,18,19). The van der Waals surface area contributed by atoms with Crippen LogP contribution in [-0.2, 0) is 0 Å². The molecule has 0 atom stereocenters. The van der Waals surface area contributed by atoms with Crippen LogP contribution in [0.4, 0.5) is 0 Å². The number of aryl methyl sites for hydroxylation is 1. The Bertz CT molecular complexity index is 885. The third kappa shape index (κ3) is 1.53. The number of rotatable bonds is 1. The Morgan fingerprint density at radius 1 is 1.16 bits per heavy atom. The second-order valence-electron chi connectivity index (χ2n) is 4.66. The fourth-order valence-electron chi connectivity index (χ4n) is 2.50. The molecular weight excluding hydrogens is 236 g/mol. The Labute approximate surface area is 109 Å². The van der Waals surface area contributed by atoms with Gasteiger partial charge in [-0.3, -0.25) is 0 Å². The Balaban J connectivity index is 1.98. The van der Waals surface area contributed by atoms with E-state index in [1.807, 2.05) is 19.2 Å². The van der Waals surface area contributed by atoms with Crippen LogP contribution in [0.1, 0.15) is 5.82 Å². The van der Waals surface area contributed by atoms with E-state index < -0.39 is 0 Å². The average Bonchev–Trinajstić information content (AvgIpc) is 2.99. The minimum absolute atomic E-state index is 0.913. The molecule has 2 N–H and O–H groups in total. The number of nitrogens with one attached hydrogen (secondary N) is 2. The summed E-state index contributed by atoms with van der Waals surface area (Å²) in [6.45, 7) is 1.97. The Kier molecular flexibility index (Phi) is 2.00. The second kappa shape index (κ2) is 3.68. The highest BCUT2D eigenvalue weighted by atomic mass is 14.9. The van der Waals surface area contributed by atoms with Crippen LogP contribution < -0.4 is 0 Å². The molecule has 1 aromatic carbocycles. The van der Waals surface area contributed by atoms with Gasteiger partial charge in [-0.25, -0.2) is 9.97 Å². The number of hydrogen-bond acceptors (Lipinski definition) is 2. The van der Waals surface area contributed by atoms with E-state index in [-0.39, 0.29) is 0 Å². The molecule has 19 heavy (non-hydrogen) atoms. The molecule has 0 saturated heterocycles. The smallest absolute Gasteiger partial charge is 0.137 e. The quantitative estimate of drug-likeness (QED) is 0.542. The van der Waals surface area contributed by atoms with Crippen LogP contribution in [0, 0.1) is 6.92 Å². The maximum Gasteiger partial charge on any atom is 0.137 e. The van der Waals surface area contributed by atoms with E-state index in [0.717, 1.165) is 39.0 Å². The van der Waals surface area contributed by atoms with Crippen molar-refractivity contribution in [3.8, 4) is 11.1 Å². The number of nitrogens with zero attached hydrogens (tertiary/aromatic N) is 2. The minimum Gasteiger partial charge on any atom is -0.346 e. The lowest BCUT2D eigenvalue weighted by molar-refractivity contribution is 1.17. The van der Waals surface area contributed by atoms with Crippen LogP contribution in [0.2, 0.25) is 0 Å². The van der Waals surface area contributed by atoms with Gasteiger partial charge in [0, 0.05) is 23.3 Å². The monoisotopic (exact) mass is 248 g/mol. The number of benzene rings is 1. The van der Waals surface area contributed by atoms with Crippen molar-refractivity contribution < 1.29 is 0 Å². The SMILES string of the molecule is Cc1nc2cc(-c3c[nH]c4ncccc34)ccc2[nH]1. The summed E-state index contributed by atoms with van der Waals surface area (Å²) in [6.07, 6.45) is 3.79. The van der Waals surface area contributed by atoms with Gasteiger partial charge in [0.2, 0.25) is 0 Å². The van der Waals surface area contributed by atoms with Crippen molar-refractivity contribution in [1.29, 1.82) is 0 Å². The normalized spacial score (nSPS) is 11.4. The van der Waals surface area contributed by atoms with E-state index in [1.54, 1.807) is 6.20 Å². The number of aromatic nitrogens is 4. The molecule has 0 amide bonds. The zero-order valence-electron chi connectivity index (χ0n) is 10.4. The topological polar surface area (TPSA) is 57.4 Å². The van der Waals surface area contributed by atoms with Gasteiger partial charge in [-0.15, -0.1) is 0 Å². The van der Waals surface area contributed by atoms with E-state index in [4.69, 9.17) is 0 Å². The first-order valence-corrected chi connectivity index (χ1v) is 6.20. The highest BCUT2D eigenvalue weighted by molar-refractivity contribution is 5.95. The fourth-order valence-corrected chi connectivity index (χ4v) is 2.50. The van der Waals surface area contributed by atoms with Crippen LogP contribution >= 0.6 is 0 Å². The zero-order valence-corrected chi connectivity index (χ0v) is 10.4. The van der Waals surface area contributed by atoms with E-state index in [9.17, 15) is 0 Å². The molecule has 0 fully saturated rings. The van der Waals surface area contributed by atoms with Gasteiger partial charge in [0.05, 0.1) is 11.0 Å². The van der Waals surface area contributed by atoms with Crippen LogP contribution in [0.15, 0.2) is 42.7 Å². The largest absolute Gasteiger partial charge is 0.346 e. The first kappa shape index (κ1) is 10.3. The van der Waals surface area contributed by atoms with Crippen molar-refractivity contribution in [2.45, 2.75) is 6.92 Å². The molecule has 3 aromatic heterocycles. The minimum atomic E-state index is 0.913. The molecule has 4 nitrogen and oxygen atoms in total. The second-order valence-corrected chi connectivity index (χ2v) is 4.66. The van der Waals surface area contributed by atoms with Crippen molar-refractivity contribution in [2.24, 2.45) is 0 Å². The van der Waals surface area contributed by atoms with Crippen molar-refractivity contribution >= 4 is 22.1 Å². The summed E-state index contributed by atoms with van der Waals surface area (Å²) >= 11 is 0. The Hall–Kier alpha value is -2.62. The molecule has 4 rings (SSSR count). The number of fused-ring (bicyclic) bond motifs is 2. The van der Waals surface area contributed by atoms with Crippen LogP contribution in [0.5, 0.6) is 0 Å². The summed E-state index contributed by atoms with van der Waals surface area (Å²) in [6, 6.07) is 10.3. The molecule has 0 unspecified atom stereocenters. The van der Waals surface area contributed by atoms with Gasteiger partial charge < -0.3 is 9.97 Å². The molecule has 0 saturated carbocycles. The fraction of sp³-hybridized carbons (Fsp3) is 0.0667. The summed E-state index contributed by atoms with van der Waals surface area (Å²) < 4.78 is 0. The molecule has 0 radical (unpaired) electrons. The lowest BCUT2D eigenvalue weighted by Crippen LogP contribution is -1.77. The van der Waals surface area contributed by atoms with Crippen LogP contribution in [0.25, 0.3) is 33.2 Å². The molecule has 0 spiro atoms. The summed E-state index contributed by atoms with van der Waals surface area (Å²) in [5.41, 5.74) is 5.28. The summed E-state index contributed by atoms with van der Waals surface area (Å²) in [7, 11) is 0. The maximum absolute atomic E-state index is 4.48. The van der Waals surface area contributed by atoms with Gasteiger partial charge in [0.25, 0.3) is 0 Å². The molecule has 0 bridgehead atoms. The van der Waals surface area contributed by atoms with E-state index in [2.05, 4.69) is 44.2 Å². The molecule has 92 valence electrons. The van der Waals surface area contributed by atoms with E-state index in [0.29, 0.717) is 0 Å². The first-order chi connectivity index (χ1) is 9.31. The average molecular weight is 248 g/mol. The van der Waals surface area contributed by atoms with Crippen LogP contribution in [0.3, 0.4) is 0 Å². The number of hydrogen-bond donors (Lipinski definition) is 2. The Morgan fingerprint density at radius 3 is 3.05 bits per heavy atom. The van der Waals surface area contributed by atoms with Gasteiger partial charge in [-0.2, -0.15) is 0 Å². The highest BCUT2D eigenvalue weighted by Crippen LogP contribution is 2.29. The van der Waals surface area contributed by atoms with Crippen molar-refractivity contribution in [1.82, 2.24) is 19.9 Å². The lowest BCUT2D eigenvalue weighted by atomic mass is 10.1. The van der Waals surface area contributed by atoms with E-state index in [1.165, 1.54) is 0 Å². The molecule has 0 aliphatic rings. The van der Waals surface area contributed by atoms with Gasteiger partial charge in [0.1, 0.15) is 11.5 Å². The molecule has 3 heterocycles. The summed E-state index contributed by atoms with van der Waals surface area (Å²) in [4.78, 5) is 15.2. The van der Waals surface area contributed by atoms with Gasteiger partial charge in [-0.1, -0.05) is 6.07 Å². The van der Waals surface area contributed by atoms with Crippen LogP contribution in [-0.4, -0.2) is 19.9 Å². The molecule has 4 heteroatoms. The predicted molar refractivity (Wildman–Crippen MR) is 75.9 cm³/mol. The van der Waals surface area contributed by atoms with Crippen molar-refractivity contribution in [3.63, 3.8) is 0 Å². The first-order valence-electron chi connectivity index (χ1n) is 6.20. The Morgan fingerprint density at radius 2 is 2.11 bits per heavy atom.